The number of hydrogen-bond acceptors (Lipinski definition) is 2. The molecule has 1 aromatic carbocycles. The maximum atomic E-state index is 8.52. The first-order valence-electron chi connectivity index (χ1n) is 3.73. The van der Waals surface area contributed by atoms with Crippen LogP contribution in [0, 0.1) is 11.3 Å². The zero-order valence-corrected chi connectivity index (χ0v) is 9.97. The topological polar surface area (TPSA) is 49.8 Å². The van der Waals surface area contributed by atoms with Crippen molar-refractivity contribution in [3.05, 3.63) is 32.7 Å². The van der Waals surface area contributed by atoms with Crippen LogP contribution < -0.4 is 5.73 Å². The summed E-state index contributed by atoms with van der Waals surface area (Å²) >= 11 is 6.80. The maximum absolute atomic E-state index is 8.52. The number of nitrogens with two attached hydrogens (primary N) is 1. The van der Waals surface area contributed by atoms with Gasteiger partial charge < -0.3 is 5.73 Å². The van der Waals surface area contributed by atoms with Gasteiger partial charge in [-0.3, -0.25) is 0 Å². The molecule has 0 radical (unpaired) electrons. The van der Waals surface area contributed by atoms with E-state index in [1.54, 1.807) is 0 Å². The van der Waals surface area contributed by atoms with Gasteiger partial charge in [-0.25, -0.2) is 0 Å². The van der Waals surface area contributed by atoms with Crippen LogP contribution >= 0.6 is 31.9 Å². The van der Waals surface area contributed by atoms with E-state index in [1.807, 2.05) is 18.2 Å². The van der Waals surface area contributed by atoms with Crippen molar-refractivity contribution in [1.82, 2.24) is 0 Å². The van der Waals surface area contributed by atoms with Crippen molar-refractivity contribution in [1.29, 1.82) is 5.26 Å². The summed E-state index contributed by atoms with van der Waals surface area (Å²) < 4.78 is 1.87. The fourth-order valence-corrected chi connectivity index (χ4v) is 2.65. The second-order valence-corrected chi connectivity index (χ2v) is 4.31. The van der Waals surface area contributed by atoms with E-state index in [4.69, 9.17) is 11.0 Å². The standard InChI is InChI=1S/C9H8Br2N2/c10-6-2-1-3-7(11)9(6)8(13)4-5-12/h1-3,8H,4,13H2/t8-/m0/s1. The molecule has 0 saturated carbocycles. The van der Waals surface area contributed by atoms with Crippen LogP contribution in [0.3, 0.4) is 0 Å². The van der Waals surface area contributed by atoms with Gasteiger partial charge in [0.1, 0.15) is 0 Å². The third-order valence-corrected chi connectivity index (χ3v) is 3.06. The molecule has 0 heterocycles. The van der Waals surface area contributed by atoms with E-state index >= 15 is 0 Å². The molecule has 4 heteroatoms. The van der Waals surface area contributed by atoms with E-state index in [2.05, 4.69) is 37.9 Å². The molecule has 1 rings (SSSR count). The Morgan fingerprint density at radius 1 is 1.38 bits per heavy atom. The lowest BCUT2D eigenvalue weighted by molar-refractivity contribution is 0.740. The van der Waals surface area contributed by atoms with Gasteiger partial charge in [0.05, 0.1) is 12.5 Å². The summed E-state index contributed by atoms with van der Waals surface area (Å²) in [6.45, 7) is 0. The van der Waals surface area contributed by atoms with Crippen molar-refractivity contribution >= 4 is 31.9 Å². The molecule has 0 saturated heterocycles. The highest BCUT2D eigenvalue weighted by molar-refractivity contribution is 9.11. The highest BCUT2D eigenvalue weighted by atomic mass is 79.9. The van der Waals surface area contributed by atoms with Crippen molar-refractivity contribution in [2.75, 3.05) is 0 Å². The molecule has 0 aliphatic rings. The highest BCUT2D eigenvalue weighted by Crippen LogP contribution is 2.30. The summed E-state index contributed by atoms with van der Waals surface area (Å²) in [5.74, 6) is 0. The molecule has 2 N–H and O–H groups in total. The average Bonchev–Trinajstić information content (AvgIpc) is 2.04. The third-order valence-electron chi connectivity index (χ3n) is 1.68. The molecule has 1 aromatic rings. The van der Waals surface area contributed by atoms with E-state index in [0.29, 0.717) is 6.42 Å². The van der Waals surface area contributed by atoms with Crippen LogP contribution in [0.1, 0.15) is 18.0 Å². The zero-order valence-electron chi connectivity index (χ0n) is 6.80. The SMILES string of the molecule is N#CC[C@H](N)c1c(Br)cccc1Br. The fraction of sp³-hybridized carbons (Fsp3) is 0.222. The predicted molar refractivity (Wildman–Crippen MR) is 59.0 cm³/mol. The Morgan fingerprint density at radius 2 is 1.92 bits per heavy atom. The lowest BCUT2D eigenvalue weighted by atomic mass is 10.1. The summed E-state index contributed by atoms with van der Waals surface area (Å²) in [6, 6.07) is 7.55. The van der Waals surface area contributed by atoms with Crippen molar-refractivity contribution in [3.8, 4) is 6.07 Å². The Bertz CT molecular complexity index is 324. The van der Waals surface area contributed by atoms with Gasteiger partial charge in [-0.2, -0.15) is 5.26 Å². The molecule has 0 fully saturated rings. The van der Waals surface area contributed by atoms with Crippen LogP contribution in [-0.2, 0) is 0 Å². The van der Waals surface area contributed by atoms with Gasteiger partial charge in [-0.1, -0.05) is 37.9 Å². The molecule has 2 nitrogen and oxygen atoms in total. The molecule has 0 aliphatic carbocycles. The van der Waals surface area contributed by atoms with Gasteiger partial charge in [-0.15, -0.1) is 0 Å². The maximum Gasteiger partial charge on any atom is 0.0641 e. The van der Waals surface area contributed by atoms with Crippen molar-refractivity contribution in [2.24, 2.45) is 5.73 Å². The molecule has 0 unspecified atom stereocenters. The minimum absolute atomic E-state index is 0.241. The monoisotopic (exact) mass is 302 g/mol. The zero-order chi connectivity index (χ0) is 9.84. The van der Waals surface area contributed by atoms with E-state index in [0.717, 1.165) is 14.5 Å². The summed E-state index contributed by atoms with van der Waals surface area (Å²) in [5, 5.41) is 8.52. The first kappa shape index (κ1) is 10.7. The first-order valence-corrected chi connectivity index (χ1v) is 5.32. The molecule has 1 atom stereocenters. The van der Waals surface area contributed by atoms with Crippen LogP contribution in [0.5, 0.6) is 0 Å². The van der Waals surface area contributed by atoms with Gasteiger partial charge in [0.25, 0.3) is 0 Å². The minimum atomic E-state index is -0.241. The number of hydrogen-bond donors (Lipinski definition) is 1. The molecular formula is C9H8Br2N2. The summed E-state index contributed by atoms with van der Waals surface area (Å²) in [5.41, 5.74) is 6.77. The van der Waals surface area contributed by atoms with E-state index < -0.39 is 0 Å². The Kier molecular flexibility index (Phi) is 3.91. The lowest BCUT2D eigenvalue weighted by Crippen LogP contribution is -2.10. The summed E-state index contributed by atoms with van der Waals surface area (Å²) in [6.07, 6.45) is 0.321. The molecular weight excluding hydrogens is 296 g/mol. The fourth-order valence-electron chi connectivity index (χ4n) is 1.07. The van der Waals surface area contributed by atoms with Gasteiger partial charge in [0, 0.05) is 15.0 Å². The molecule has 68 valence electrons. The Balaban J connectivity index is 3.06. The first-order chi connectivity index (χ1) is 6.16. The normalized spacial score (nSPS) is 12.2. The highest BCUT2D eigenvalue weighted by Gasteiger charge is 2.12. The molecule has 0 bridgehead atoms. The molecule has 0 aliphatic heterocycles. The van der Waals surface area contributed by atoms with Gasteiger partial charge in [0.15, 0.2) is 0 Å². The van der Waals surface area contributed by atoms with Crippen molar-refractivity contribution in [2.45, 2.75) is 12.5 Å². The largest absolute Gasteiger partial charge is 0.323 e. The number of nitrogens with zero attached hydrogens (tertiary/aromatic N) is 1. The molecule has 0 aromatic heterocycles. The number of nitriles is 1. The van der Waals surface area contributed by atoms with Crippen LogP contribution in [0.2, 0.25) is 0 Å². The van der Waals surface area contributed by atoms with E-state index in [1.165, 1.54) is 0 Å². The van der Waals surface area contributed by atoms with Crippen LogP contribution in [0.15, 0.2) is 27.1 Å². The van der Waals surface area contributed by atoms with Gasteiger partial charge in [0.2, 0.25) is 0 Å². The second-order valence-electron chi connectivity index (χ2n) is 2.60. The van der Waals surface area contributed by atoms with Crippen LogP contribution in [0.4, 0.5) is 0 Å². The molecule has 13 heavy (non-hydrogen) atoms. The van der Waals surface area contributed by atoms with Crippen LogP contribution in [0.25, 0.3) is 0 Å². The quantitative estimate of drug-likeness (QED) is 0.912. The smallest absolute Gasteiger partial charge is 0.0641 e. The Hall–Kier alpha value is -0.370. The van der Waals surface area contributed by atoms with E-state index in [-0.39, 0.29) is 6.04 Å². The van der Waals surface area contributed by atoms with Gasteiger partial charge in [-0.05, 0) is 17.7 Å². The predicted octanol–water partition coefficient (Wildman–Crippen LogP) is 3.13. The summed E-state index contributed by atoms with van der Waals surface area (Å²) in [4.78, 5) is 0. The summed E-state index contributed by atoms with van der Waals surface area (Å²) in [7, 11) is 0. The third kappa shape index (κ3) is 2.53. The Morgan fingerprint density at radius 3 is 2.38 bits per heavy atom. The lowest BCUT2D eigenvalue weighted by Gasteiger charge is -2.12. The number of halogens is 2. The Labute approximate surface area is 94.0 Å². The second kappa shape index (κ2) is 4.75. The average molecular weight is 304 g/mol. The minimum Gasteiger partial charge on any atom is -0.323 e. The molecule has 0 spiro atoms. The number of benzene rings is 1. The van der Waals surface area contributed by atoms with Gasteiger partial charge >= 0.3 is 0 Å². The number of rotatable bonds is 2. The molecule has 0 amide bonds. The van der Waals surface area contributed by atoms with Crippen molar-refractivity contribution < 1.29 is 0 Å². The van der Waals surface area contributed by atoms with Crippen LogP contribution in [-0.4, -0.2) is 0 Å². The van der Waals surface area contributed by atoms with Crippen molar-refractivity contribution in [3.63, 3.8) is 0 Å². The van der Waals surface area contributed by atoms with E-state index in [9.17, 15) is 0 Å².